The number of carbonyl (C=O) groups excluding carboxylic acids is 1. The number of nitrogens with one attached hydrogen (secondary N) is 1. The highest BCUT2D eigenvalue weighted by Gasteiger charge is 2.40. The Hall–Kier alpha value is -3.07. The largest absolute Gasteiger partial charge is 0.389 e. The third-order valence-corrected chi connectivity index (χ3v) is 7.70. The van der Waals surface area contributed by atoms with Gasteiger partial charge in [0.25, 0.3) is 5.56 Å². The molecule has 0 unspecified atom stereocenters. The Morgan fingerprint density at radius 1 is 1.16 bits per heavy atom. The van der Waals surface area contributed by atoms with Crippen molar-refractivity contribution in [2.75, 3.05) is 13.1 Å². The van der Waals surface area contributed by atoms with Crippen LogP contribution in [0.15, 0.2) is 53.6 Å². The van der Waals surface area contributed by atoms with Crippen LogP contribution in [0.5, 0.6) is 0 Å². The lowest BCUT2D eigenvalue weighted by atomic mass is 9.80. The van der Waals surface area contributed by atoms with Crippen molar-refractivity contribution in [3.8, 4) is 0 Å². The fraction of sp³-hybridized carbons (Fsp3) is 0.500. The minimum Gasteiger partial charge on any atom is -0.347 e. The lowest BCUT2D eigenvalue weighted by molar-refractivity contribution is -0.138. The molecule has 1 aliphatic heterocycles. The fourth-order valence-corrected chi connectivity index (χ4v) is 5.56. The van der Waals surface area contributed by atoms with Gasteiger partial charge in [-0.2, -0.15) is 13.2 Å². The second-order valence-electron chi connectivity index (χ2n) is 10.4. The Labute approximate surface area is 214 Å². The van der Waals surface area contributed by atoms with Crippen molar-refractivity contribution < 1.29 is 18.0 Å². The topological polar surface area (TPSA) is 59.3 Å². The summed E-state index contributed by atoms with van der Waals surface area (Å²) < 4.78 is 41.6. The number of aromatic nitrogens is 2. The van der Waals surface area contributed by atoms with E-state index in [9.17, 15) is 22.8 Å². The number of benzene rings is 1. The number of hydrogen-bond donors (Lipinski definition) is 1. The first kappa shape index (κ1) is 25.6. The van der Waals surface area contributed by atoms with Gasteiger partial charge in [-0.05, 0) is 61.4 Å². The predicted octanol–water partition coefficient (Wildman–Crippen LogP) is 4.57. The lowest BCUT2D eigenvalue weighted by Crippen LogP contribution is -2.47. The minimum atomic E-state index is -4.17. The van der Waals surface area contributed by atoms with E-state index in [0.717, 1.165) is 47.8 Å². The van der Waals surface area contributed by atoms with E-state index >= 15 is 0 Å². The molecule has 0 radical (unpaired) electrons. The van der Waals surface area contributed by atoms with Crippen LogP contribution in [0.2, 0.25) is 0 Å². The molecule has 1 saturated heterocycles. The number of nitrogens with zero attached hydrogens (tertiary/aromatic N) is 3. The normalized spacial score (nSPS) is 20.3. The second-order valence-corrected chi connectivity index (χ2v) is 10.4. The number of amides is 1. The van der Waals surface area contributed by atoms with Gasteiger partial charge in [0.2, 0.25) is 5.91 Å². The molecule has 1 N–H and O–H groups in total. The third-order valence-electron chi connectivity index (χ3n) is 7.70. The fourth-order valence-electron chi connectivity index (χ4n) is 5.56. The molecule has 198 valence electrons. The van der Waals surface area contributed by atoms with Crippen molar-refractivity contribution in [2.24, 2.45) is 13.0 Å². The first-order valence-electron chi connectivity index (χ1n) is 13.0. The lowest BCUT2D eigenvalue weighted by Gasteiger charge is -2.35. The minimum absolute atomic E-state index is 0.0127. The van der Waals surface area contributed by atoms with Gasteiger partial charge in [-0.3, -0.25) is 9.59 Å². The van der Waals surface area contributed by atoms with E-state index in [0.29, 0.717) is 13.1 Å². The average Bonchev–Trinajstić information content (AvgIpc) is 3.66. The van der Waals surface area contributed by atoms with E-state index in [-0.39, 0.29) is 42.3 Å². The van der Waals surface area contributed by atoms with Gasteiger partial charge >= 0.3 is 6.18 Å². The van der Waals surface area contributed by atoms with E-state index in [2.05, 4.69) is 5.32 Å². The van der Waals surface area contributed by atoms with Gasteiger partial charge in [-0.15, -0.1) is 0 Å². The van der Waals surface area contributed by atoms with E-state index in [1.54, 1.807) is 19.3 Å². The van der Waals surface area contributed by atoms with Gasteiger partial charge in [0.05, 0.1) is 5.92 Å². The molecule has 9 heteroatoms. The van der Waals surface area contributed by atoms with E-state index in [4.69, 9.17) is 0 Å². The molecule has 1 aromatic carbocycles. The predicted molar refractivity (Wildman–Crippen MR) is 136 cm³/mol. The van der Waals surface area contributed by atoms with Crippen LogP contribution in [-0.2, 0) is 24.9 Å². The van der Waals surface area contributed by atoms with Crippen LogP contribution in [0.4, 0.5) is 13.2 Å². The van der Waals surface area contributed by atoms with Crippen molar-refractivity contribution in [3.05, 3.63) is 70.3 Å². The quantitative estimate of drug-likeness (QED) is 0.479. The number of pyridine rings is 1. The van der Waals surface area contributed by atoms with Crippen LogP contribution in [0.3, 0.4) is 0 Å². The maximum Gasteiger partial charge on any atom is 0.389 e. The van der Waals surface area contributed by atoms with E-state index in [1.165, 1.54) is 4.57 Å². The SMILES string of the molecule is Cn1ccc([C@@H]2CCNC[C@H]2C(=O)N(Cc2cn(CCCC(F)(F)F)c3ccccc23)C2CC2)cc1=O. The molecule has 2 aliphatic rings. The van der Waals surface area contributed by atoms with E-state index < -0.39 is 12.6 Å². The Kier molecular flexibility index (Phi) is 7.16. The zero-order valence-corrected chi connectivity index (χ0v) is 21.0. The summed E-state index contributed by atoms with van der Waals surface area (Å²) in [6, 6.07) is 11.5. The number of hydrogen-bond acceptors (Lipinski definition) is 3. The summed E-state index contributed by atoms with van der Waals surface area (Å²) in [5.41, 5.74) is 2.66. The molecule has 3 aromatic rings. The molecule has 0 spiro atoms. The summed E-state index contributed by atoms with van der Waals surface area (Å²) in [5, 5.41) is 4.33. The second kappa shape index (κ2) is 10.4. The molecule has 3 heterocycles. The molecule has 2 aromatic heterocycles. The maximum absolute atomic E-state index is 14.0. The highest BCUT2D eigenvalue weighted by atomic mass is 19.4. The number of alkyl halides is 3. The zero-order chi connectivity index (χ0) is 26.2. The number of para-hydroxylation sites is 1. The van der Waals surface area contributed by atoms with Crippen LogP contribution in [-0.4, -0.2) is 45.2 Å². The van der Waals surface area contributed by atoms with Crippen molar-refractivity contribution in [2.45, 2.75) is 63.3 Å². The van der Waals surface area contributed by atoms with Crippen LogP contribution in [0.25, 0.3) is 10.9 Å². The van der Waals surface area contributed by atoms with Crippen molar-refractivity contribution in [3.63, 3.8) is 0 Å². The average molecular weight is 515 g/mol. The molecule has 37 heavy (non-hydrogen) atoms. The van der Waals surface area contributed by atoms with Gasteiger partial charge in [-0.1, -0.05) is 18.2 Å². The molecule has 0 bridgehead atoms. The highest BCUT2D eigenvalue weighted by Crippen LogP contribution is 2.37. The summed E-state index contributed by atoms with van der Waals surface area (Å²) in [5.74, 6) is -0.233. The van der Waals surface area contributed by atoms with E-state index in [1.807, 2.05) is 46.0 Å². The Bertz CT molecular complexity index is 1320. The number of rotatable bonds is 8. The molecule has 6 nitrogen and oxygen atoms in total. The Morgan fingerprint density at radius 3 is 2.68 bits per heavy atom. The van der Waals surface area contributed by atoms with Crippen LogP contribution >= 0.6 is 0 Å². The van der Waals surface area contributed by atoms with Crippen molar-refractivity contribution in [1.29, 1.82) is 0 Å². The summed E-state index contributed by atoms with van der Waals surface area (Å²) in [6.07, 6.45) is 1.38. The summed E-state index contributed by atoms with van der Waals surface area (Å²) in [6.45, 7) is 2.05. The van der Waals surface area contributed by atoms with Gasteiger partial charge in [-0.25, -0.2) is 0 Å². The monoisotopic (exact) mass is 514 g/mol. The van der Waals surface area contributed by atoms with Gasteiger partial charge in [0, 0.05) is 68.5 Å². The van der Waals surface area contributed by atoms with Crippen molar-refractivity contribution >= 4 is 16.8 Å². The number of halogens is 3. The number of fused-ring (bicyclic) bond motifs is 1. The standard InChI is InChI=1S/C28H33F3N4O2/c1-33-14-10-19(15-26(33)36)22-9-12-32-16-24(22)27(37)35(21-7-8-21)18-20-17-34(13-4-11-28(29,30)31)25-6-3-2-5-23(20)25/h2-3,5-6,10,14-15,17,21-22,24,32H,4,7-9,11-13,16,18H2,1H3/t22-,24+/m0/s1. The maximum atomic E-state index is 14.0. The van der Waals surface area contributed by atoms with Gasteiger partial charge < -0.3 is 19.4 Å². The molecule has 2 atom stereocenters. The number of aryl methyl sites for hydroxylation is 2. The first-order valence-corrected chi connectivity index (χ1v) is 13.0. The van der Waals surface area contributed by atoms with Crippen LogP contribution < -0.4 is 10.9 Å². The van der Waals surface area contributed by atoms with Gasteiger partial charge in [0.1, 0.15) is 0 Å². The molecule has 1 amide bonds. The molecule has 1 aliphatic carbocycles. The van der Waals surface area contributed by atoms with Gasteiger partial charge in [0.15, 0.2) is 0 Å². The molecular formula is C28H33F3N4O2. The Balaban J connectivity index is 1.40. The Morgan fingerprint density at radius 2 is 1.95 bits per heavy atom. The number of carbonyl (C=O) groups is 1. The molecule has 1 saturated carbocycles. The van der Waals surface area contributed by atoms with Crippen LogP contribution in [0.1, 0.15) is 49.1 Å². The summed E-state index contributed by atoms with van der Waals surface area (Å²) in [4.78, 5) is 28.3. The first-order chi connectivity index (χ1) is 17.7. The highest BCUT2D eigenvalue weighted by molar-refractivity contribution is 5.85. The zero-order valence-electron chi connectivity index (χ0n) is 21.0. The summed E-state index contributed by atoms with van der Waals surface area (Å²) in [7, 11) is 1.71. The molecular weight excluding hydrogens is 481 g/mol. The summed E-state index contributed by atoms with van der Waals surface area (Å²) >= 11 is 0. The third kappa shape index (κ3) is 5.76. The van der Waals surface area contributed by atoms with Crippen LogP contribution in [0, 0.1) is 5.92 Å². The number of piperidine rings is 1. The molecule has 2 fully saturated rings. The molecule has 5 rings (SSSR count). The smallest absolute Gasteiger partial charge is 0.347 e. The van der Waals surface area contributed by atoms with Crippen molar-refractivity contribution in [1.82, 2.24) is 19.4 Å².